The van der Waals surface area contributed by atoms with E-state index in [4.69, 9.17) is 4.74 Å². The minimum Gasteiger partial charge on any atom is -0.487 e. The SMILES string of the molecule is CC(C)c1ccc(F)cc1OCc1cccc(=O)[nH]1. The van der Waals surface area contributed by atoms with Crippen LogP contribution in [0.1, 0.15) is 31.0 Å². The van der Waals surface area contributed by atoms with Crippen LogP contribution >= 0.6 is 0 Å². The second kappa shape index (κ2) is 5.69. The molecule has 1 N–H and O–H groups in total. The highest BCUT2D eigenvalue weighted by atomic mass is 19.1. The number of H-pyrrole nitrogens is 1. The standard InChI is InChI=1S/C15H16FNO2/c1-10(2)13-7-6-11(16)8-14(13)19-9-12-4-3-5-15(18)17-12/h3-8,10H,9H2,1-2H3,(H,17,18). The van der Waals surface area contributed by atoms with E-state index in [0.717, 1.165) is 5.56 Å². The summed E-state index contributed by atoms with van der Waals surface area (Å²) in [4.78, 5) is 13.8. The van der Waals surface area contributed by atoms with Gasteiger partial charge in [-0.05, 0) is 23.6 Å². The van der Waals surface area contributed by atoms with Gasteiger partial charge in [0.2, 0.25) is 5.56 Å². The number of halogens is 1. The zero-order chi connectivity index (χ0) is 13.8. The van der Waals surface area contributed by atoms with Gasteiger partial charge < -0.3 is 9.72 Å². The van der Waals surface area contributed by atoms with Crippen molar-refractivity contribution in [2.45, 2.75) is 26.4 Å². The molecule has 0 amide bonds. The molecule has 1 aromatic carbocycles. The van der Waals surface area contributed by atoms with Crippen molar-refractivity contribution >= 4 is 0 Å². The number of aromatic nitrogens is 1. The highest BCUT2D eigenvalue weighted by molar-refractivity contribution is 5.36. The Morgan fingerprint density at radius 2 is 2.05 bits per heavy atom. The number of rotatable bonds is 4. The van der Waals surface area contributed by atoms with E-state index < -0.39 is 0 Å². The first-order valence-corrected chi connectivity index (χ1v) is 6.16. The van der Waals surface area contributed by atoms with Crippen molar-refractivity contribution in [2.24, 2.45) is 0 Å². The van der Waals surface area contributed by atoms with Crippen LogP contribution in [0.5, 0.6) is 5.75 Å². The lowest BCUT2D eigenvalue weighted by Gasteiger charge is -2.14. The highest BCUT2D eigenvalue weighted by Crippen LogP contribution is 2.27. The number of aromatic amines is 1. The van der Waals surface area contributed by atoms with Crippen molar-refractivity contribution in [3.63, 3.8) is 0 Å². The van der Waals surface area contributed by atoms with Crippen molar-refractivity contribution in [3.8, 4) is 5.75 Å². The highest BCUT2D eigenvalue weighted by Gasteiger charge is 2.09. The summed E-state index contributed by atoms with van der Waals surface area (Å²) in [5.41, 5.74) is 1.43. The molecule has 100 valence electrons. The predicted octanol–water partition coefficient (Wildman–Crippen LogP) is 3.22. The Labute approximate surface area is 111 Å². The summed E-state index contributed by atoms with van der Waals surface area (Å²) in [6.07, 6.45) is 0. The number of hydrogen-bond donors (Lipinski definition) is 1. The lowest BCUT2D eigenvalue weighted by Crippen LogP contribution is -2.09. The maximum Gasteiger partial charge on any atom is 0.248 e. The molecule has 0 aliphatic heterocycles. The Kier molecular flexibility index (Phi) is 4.00. The molecular weight excluding hydrogens is 245 g/mol. The summed E-state index contributed by atoms with van der Waals surface area (Å²) in [5, 5.41) is 0. The maximum absolute atomic E-state index is 13.3. The third kappa shape index (κ3) is 3.44. The first-order chi connectivity index (χ1) is 9.06. The van der Waals surface area contributed by atoms with Crippen LogP contribution in [-0.4, -0.2) is 4.98 Å². The molecule has 0 radical (unpaired) electrons. The third-order valence-corrected chi connectivity index (χ3v) is 2.81. The summed E-state index contributed by atoms with van der Waals surface area (Å²) in [6.45, 7) is 4.24. The fraction of sp³-hybridized carbons (Fsp3) is 0.267. The molecule has 3 nitrogen and oxygen atoms in total. The van der Waals surface area contributed by atoms with Gasteiger partial charge in [0.1, 0.15) is 18.2 Å². The molecule has 0 spiro atoms. The van der Waals surface area contributed by atoms with Gasteiger partial charge in [-0.25, -0.2) is 4.39 Å². The molecule has 4 heteroatoms. The molecule has 0 saturated heterocycles. The summed E-state index contributed by atoms with van der Waals surface area (Å²) in [7, 11) is 0. The molecule has 0 saturated carbocycles. The molecule has 0 aliphatic rings. The normalized spacial score (nSPS) is 10.7. The number of hydrogen-bond acceptors (Lipinski definition) is 2. The second-order valence-electron chi connectivity index (χ2n) is 4.67. The van der Waals surface area contributed by atoms with E-state index in [1.807, 2.05) is 13.8 Å². The van der Waals surface area contributed by atoms with Crippen LogP contribution in [-0.2, 0) is 6.61 Å². The zero-order valence-electron chi connectivity index (χ0n) is 10.9. The van der Waals surface area contributed by atoms with E-state index >= 15 is 0 Å². The lowest BCUT2D eigenvalue weighted by atomic mass is 10.0. The maximum atomic E-state index is 13.3. The average molecular weight is 261 g/mol. The summed E-state index contributed by atoms with van der Waals surface area (Å²) in [5.74, 6) is 0.422. The van der Waals surface area contributed by atoms with Crippen LogP contribution in [0.2, 0.25) is 0 Å². The van der Waals surface area contributed by atoms with Gasteiger partial charge in [-0.3, -0.25) is 4.79 Å². The van der Waals surface area contributed by atoms with Crippen LogP contribution in [0.25, 0.3) is 0 Å². The van der Waals surface area contributed by atoms with Crippen LogP contribution in [0.4, 0.5) is 4.39 Å². The molecule has 1 aromatic heterocycles. The number of benzene rings is 1. The molecule has 0 fully saturated rings. The number of pyridine rings is 1. The van der Waals surface area contributed by atoms with Gasteiger partial charge in [0, 0.05) is 12.1 Å². The van der Waals surface area contributed by atoms with Crippen LogP contribution in [0, 0.1) is 5.82 Å². The lowest BCUT2D eigenvalue weighted by molar-refractivity contribution is 0.295. The van der Waals surface area contributed by atoms with Gasteiger partial charge in [-0.15, -0.1) is 0 Å². The molecule has 2 aromatic rings. The minimum absolute atomic E-state index is 0.176. The summed E-state index contributed by atoms with van der Waals surface area (Å²) in [6, 6.07) is 9.37. The monoisotopic (exact) mass is 261 g/mol. The smallest absolute Gasteiger partial charge is 0.248 e. The Hall–Kier alpha value is -2.10. The van der Waals surface area contributed by atoms with E-state index in [0.29, 0.717) is 11.4 Å². The molecule has 0 atom stereocenters. The van der Waals surface area contributed by atoms with Crippen LogP contribution < -0.4 is 10.3 Å². The predicted molar refractivity (Wildman–Crippen MR) is 71.9 cm³/mol. The summed E-state index contributed by atoms with van der Waals surface area (Å²) < 4.78 is 18.9. The molecule has 1 heterocycles. The van der Waals surface area contributed by atoms with Gasteiger partial charge in [0.25, 0.3) is 0 Å². The molecule has 0 aliphatic carbocycles. The number of nitrogens with one attached hydrogen (secondary N) is 1. The first-order valence-electron chi connectivity index (χ1n) is 6.16. The first kappa shape index (κ1) is 13.3. The van der Waals surface area contributed by atoms with Crippen LogP contribution in [0.3, 0.4) is 0 Å². The minimum atomic E-state index is -0.332. The molecule has 2 rings (SSSR count). The Morgan fingerprint density at radius 1 is 1.26 bits per heavy atom. The van der Waals surface area contributed by atoms with Gasteiger partial charge in [0.05, 0.1) is 5.69 Å². The van der Waals surface area contributed by atoms with Gasteiger partial charge in [-0.2, -0.15) is 0 Å². The van der Waals surface area contributed by atoms with E-state index in [2.05, 4.69) is 4.98 Å². The van der Waals surface area contributed by atoms with Crippen molar-refractivity contribution in [3.05, 3.63) is 63.8 Å². The Balaban J connectivity index is 2.19. The Morgan fingerprint density at radius 3 is 2.74 bits per heavy atom. The van der Waals surface area contributed by atoms with E-state index in [1.165, 1.54) is 18.2 Å². The molecule has 19 heavy (non-hydrogen) atoms. The second-order valence-corrected chi connectivity index (χ2v) is 4.67. The van der Waals surface area contributed by atoms with E-state index in [9.17, 15) is 9.18 Å². The number of ether oxygens (including phenoxy) is 1. The summed E-state index contributed by atoms with van der Waals surface area (Å²) >= 11 is 0. The van der Waals surface area contributed by atoms with Crippen molar-refractivity contribution in [1.82, 2.24) is 4.98 Å². The van der Waals surface area contributed by atoms with Gasteiger partial charge in [0.15, 0.2) is 0 Å². The van der Waals surface area contributed by atoms with E-state index in [1.54, 1.807) is 18.2 Å². The topological polar surface area (TPSA) is 42.1 Å². The zero-order valence-corrected chi connectivity index (χ0v) is 10.9. The average Bonchev–Trinajstić information content (AvgIpc) is 2.36. The third-order valence-electron chi connectivity index (χ3n) is 2.81. The van der Waals surface area contributed by atoms with Gasteiger partial charge >= 0.3 is 0 Å². The largest absolute Gasteiger partial charge is 0.487 e. The molecule has 0 bridgehead atoms. The quantitative estimate of drug-likeness (QED) is 0.918. The van der Waals surface area contributed by atoms with Crippen molar-refractivity contribution in [2.75, 3.05) is 0 Å². The molecular formula is C15H16FNO2. The van der Waals surface area contributed by atoms with E-state index in [-0.39, 0.29) is 23.9 Å². The van der Waals surface area contributed by atoms with Crippen LogP contribution in [0.15, 0.2) is 41.2 Å². The fourth-order valence-electron chi connectivity index (χ4n) is 1.84. The van der Waals surface area contributed by atoms with Crippen molar-refractivity contribution < 1.29 is 9.13 Å². The van der Waals surface area contributed by atoms with Gasteiger partial charge in [-0.1, -0.05) is 26.0 Å². The fourth-order valence-corrected chi connectivity index (χ4v) is 1.84. The molecule has 0 unspecified atom stereocenters. The Bertz CT molecular complexity index is 620. The van der Waals surface area contributed by atoms with Crippen molar-refractivity contribution in [1.29, 1.82) is 0 Å².